The Bertz CT molecular complexity index is 773. The average Bonchev–Trinajstić information content (AvgIpc) is 2.59. The maximum atomic E-state index is 10.4. The van der Waals surface area contributed by atoms with E-state index >= 15 is 0 Å². The summed E-state index contributed by atoms with van der Waals surface area (Å²) in [5, 5.41) is 20.8. The number of rotatable bonds is 10. The van der Waals surface area contributed by atoms with Gasteiger partial charge in [0.15, 0.2) is 0 Å². The van der Waals surface area contributed by atoms with E-state index < -0.39 is 0 Å². The maximum Gasteiger partial charge on any atom is 0.123 e. The number of aryl methyl sites for hydroxylation is 1. The van der Waals surface area contributed by atoms with Gasteiger partial charge in [0.1, 0.15) is 11.5 Å². The lowest BCUT2D eigenvalue weighted by molar-refractivity contribution is 0.439. The van der Waals surface area contributed by atoms with Gasteiger partial charge in [-0.15, -0.1) is 0 Å². The third kappa shape index (κ3) is 9.69. The van der Waals surface area contributed by atoms with E-state index in [9.17, 15) is 10.2 Å². The van der Waals surface area contributed by atoms with Crippen molar-refractivity contribution in [2.75, 3.05) is 0 Å². The van der Waals surface area contributed by atoms with Crippen LogP contribution < -0.4 is 0 Å². The normalized spacial score (nSPS) is 12.4. The van der Waals surface area contributed by atoms with Crippen LogP contribution in [0.15, 0.2) is 58.2 Å². The molecular weight excluding hydrogens is 356 g/mol. The molecule has 0 aliphatic carbocycles. The molecule has 0 aliphatic rings. The lowest BCUT2D eigenvalue weighted by Crippen LogP contribution is -1.97. The summed E-state index contributed by atoms with van der Waals surface area (Å²) in [5.41, 5.74) is 8.20. The second kappa shape index (κ2) is 12.4. The van der Waals surface area contributed by atoms with E-state index in [0.29, 0.717) is 12.0 Å². The van der Waals surface area contributed by atoms with Crippen LogP contribution in [0.5, 0.6) is 11.5 Å². The molecule has 0 aliphatic heterocycles. The fourth-order valence-electron chi connectivity index (χ4n) is 3.31. The molecule has 0 bridgehead atoms. The summed E-state index contributed by atoms with van der Waals surface area (Å²) >= 11 is 0. The van der Waals surface area contributed by atoms with Gasteiger partial charge < -0.3 is 10.2 Å². The highest BCUT2D eigenvalue weighted by Crippen LogP contribution is 2.33. The Labute approximate surface area is 178 Å². The summed E-state index contributed by atoms with van der Waals surface area (Å²) in [5.74, 6) is 0.364. The first-order valence-electron chi connectivity index (χ1n) is 10.7. The minimum absolute atomic E-state index is 0.182. The number of hydrogen-bond donors (Lipinski definition) is 2. The van der Waals surface area contributed by atoms with Crippen LogP contribution in [0, 0.1) is 6.92 Å². The van der Waals surface area contributed by atoms with Crippen LogP contribution >= 0.6 is 0 Å². The standard InChI is InChI=1S/C27H40O2/c1-19(2)10-8-12-21(5)14-15-24(23(7)13-9-11-20(3)4)18-25-26(28)16-22(6)17-27(25)29/h10-11,14,16-17,28-29H,8-9,12-13,15,18H2,1-7H3/b21-14+,24-23+. The van der Waals surface area contributed by atoms with E-state index in [4.69, 9.17) is 0 Å². The monoisotopic (exact) mass is 396 g/mol. The van der Waals surface area contributed by atoms with Crippen molar-refractivity contribution < 1.29 is 10.2 Å². The van der Waals surface area contributed by atoms with Gasteiger partial charge in [-0.2, -0.15) is 0 Å². The molecule has 2 nitrogen and oxygen atoms in total. The van der Waals surface area contributed by atoms with E-state index in [2.05, 4.69) is 59.8 Å². The van der Waals surface area contributed by atoms with Crippen LogP contribution in [0.3, 0.4) is 0 Å². The molecule has 160 valence electrons. The molecule has 0 heterocycles. The van der Waals surface area contributed by atoms with E-state index in [1.165, 1.54) is 27.9 Å². The molecule has 29 heavy (non-hydrogen) atoms. The molecule has 2 N–H and O–H groups in total. The quantitative estimate of drug-likeness (QED) is 0.392. The first-order valence-corrected chi connectivity index (χ1v) is 10.7. The molecule has 0 aromatic heterocycles. The molecule has 0 amide bonds. The second-order valence-corrected chi connectivity index (χ2v) is 8.74. The largest absolute Gasteiger partial charge is 0.508 e. The van der Waals surface area contributed by atoms with Crippen molar-refractivity contribution in [3.05, 3.63) is 69.4 Å². The summed E-state index contributed by atoms with van der Waals surface area (Å²) < 4.78 is 0. The Morgan fingerprint density at radius 2 is 1.31 bits per heavy atom. The van der Waals surface area contributed by atoms with Gasteiger partial charge in [0.2, 0.25) is 0 Å². The highest BCUT2D eigenvalue weighted by Gasteiger charge is 2.12. The van der Waals surface area contributed by atoms with Crippen molar-refractivity contribution in [2.24, 2.45) is 0 Å². The third-order valence-corrected chi connectivity index (χ3v) is 5.20. The molecule has 1 aromatic carbocycles. The Balaban J connectivity index is 3.06. The Morgan fingerprint density at radius 1 is 0.793 bits per heavy atom. The summed E-state index contributed by atoms with van der Waals surface area (Å²) in [7, 11) is 0. The van der Waals surface area contributed by atoms with Crippen LogP contribution in [0.2, 0.25) is 0 Å². The molecular formula is C27H40O2. The van der Waals surface area contributed by atoms with Gasteiger partial charge in [-0.1, -0.05) is 46.1 Å². The lowest BCUT2D eigenvalue weighted by Gasteiger charge is -2.14. The first kappa shape index (κ1) is 24.8. The summed E-state index contributed by atoms with van der Waals surface area (Å²) in [6.45, 7) is 14.8. The van der Waals surface area contributed by atoms with E-state index in [1.807, 2.05) is 6.92 Å². The average molecular weight is 397 g/mol. The fourth-order valence-corrected chi connectivity index (χ4v) is 3.31. The number of aromatic hydroxyl groups is 2. The van der Waals surface area contributed by atoms with Gasteiger partial charge in [-0.3, -0.25) is 0 Å². The van der Waals surface area contributed by atoms with Crippen molar-refractivity contribution in [1.29, 1.82) is 0 Å². The van der Waals surface area contributed by atoms with Crippen LogP contribution in [0.25, 0.3) is 0 Å². The maximum absolute atomic E-state index is 10.4. The van der Waals surface area contributed by atoms with Gasteiger partial charge in [0.25, 0.3) is 0 Å². The van der Waals surface area contributed by atoms with E-state index in [-0.39, 0.29) is 11.5 Å². The van der Waals surface area contributed by atoms with E-state index in [0.717, 1.165) is 37.7 Å². The molecule has 0 unspecified atom stereocenters. The van der Waals surface area contributed by atoms with Crippen molar-refractivity contribution in [2.45, 2.75) is 87.0 Å². The minimum atomic E-state index is 0.182. The zero-order valence-corrected chi connectivity index (χ0v) is 19.5. The summed E-state index contributed by atoms with van der Waals surface area (Å²) in [6, 6.07) is 3.46. The van der Waals surface area contributed by atoms with Crippen molar-refractivity contribution in [3.8, 4) is 11.5 Å². The lowest BCUT2D eigenvalue weighted by atomic mass is 9.93. The fraction of sp³-hybridized carbons (Fsp3) is 0.481. The zero-order chi connectivity index (χ0) is 22.0. The molecule has 0 saturated heterocycles. The van der Waals surface area contributed by atoms with Crippen molar-refractivity contribution >= 4 is 0 Å². The van der Waals surface area contributed by atoms with Crippen LogP contribution in [-0.2, 0) is 6.42 Å². The molecule has 1 rings (SSSR count). The topological polar surface area (TPSA) is 40.5 Å². The molecule has 0 atom stereocenters. The predicted molar refractivity (Wildman–Crippen MR) is 127 cm³/mol. The molecule has 1 aromatic rings. The molecule has 0 saturated carbocycles. The zero-order valence-electron chi connectivity index (χ0n) is 19.5. The summed E-state index contributed by atoms with van der Waals surface area (Å²) in [4.78, 5) is 0. The number of allylic oxidation sites excluding steroid dienone is 8. The van der Waals surface area contributed by atoms with Crippen LogP contribution in [-0.4, -0.2) is 10.2 Å². The second-order valence-electron chi connectivity index (χ2n) is 8.74. The van der Waals surface area contributed by atoms with Crippen molar-refractivity contribution in [3.63, 3.8) is 0 Å². The van der Waals surface area contributed by atoms with Gasteiger partial charge in [-0.25, -0.2) is 0 Å². The third-order valence-electron chi connectivity index (χ3n) is 5.20. The van der Waals surface area contributed by atoms with Crippen LogP contribution in [0.4, 0.5) is 0 Å². The number of phenols is 2. The Hall–Kier alpha value is -2.22. The molecule has 0 fully saturated rings. The van der Waals surface area contributed by atoms with E-state index in [1.54, 1.807) is 12.1 Å². The van der Waals surface area contributed by atoms with Gasteiger partial charge in [-0.05, 0) is 98.3 Å². The Morgan fingerprint density at radius 3 is 1.83 bits per heavy atom. The number of phenolic OH excluding ortho intramolecular Hbond substituents is 2. The number of hydrogen-bond acceptors (Lipinski definition) is 2. The molecule has 2 heteroatoms. The first-order chi connectivity index (χ1) is 13.6. The minimum Gasteiger partial charge on any atom is -0.508 e. The molecule has 0 spiro atoms. The van der Waals surface area contributed by atoms with Crippen LogP contribution in [0.1, 0.15) is 84.8 Å². The summed E-state index contributed by atoms with van der Waals surface area (Å²) in [6.07, 6.45) is 12.4. The smallest absolute Gasteiger partial charge is 0.123 e. The van der Waals surface area contributed by atoms with Gasteiger partial charge in [0.05, 0.1) is 0 Å². The predicted octanol–water partition coefficient (Wildman–Crippen LogP) is 8.09. The van der Waals surface area contributed by atoms with Gasteiger partial charge >= 0.3 is 0 Å². The number of benzene rings is 1. The Kier molecular flexibility index (Phi) is 10.6. The van der Waals surface area contributed by atoms with Gasteiger partial charge in [0, 0.05) is 12.0 Å². The molecule has 0 radical (unpaired) electrons. The highest BCUT2D eigenvalue weighted by molar-refractivity contribution is 5.48. The van der Waals surface area contributed by atoms with Crippen molar-refractivity contribution in [1.82, 2.24) is 0 Å². The highest BCUT2D eigenvalue weighted by atomic mass is 16.3. The SMILES string of the molecule is CC(C)=CCC/C(C)=C/C/C(Cc1c(O)cc(C)cc1O)=C(/C)CCC=C(C)C.